The molecule has 3 rings (SSSR count). The molecule has 0 aliphatic carbocycles. The minimum atomic E-state index is -2.81. The molecule has 2 heterocycles. The average molecular weight is 317 g/mol. The van der Waals surface area contributed by atoms with E-state index >= 15 is 0 Å². The Morgan fingerprint density at radius 1 is 1.38 bits per heavy atom. The van der Waals surface area contributed by atoms with E-state index in [0.29, 0.717) is 23.5 Å². The van der Waals surface area contributed by atoms with Gasteiger partial charge < -0.3 is 10.1 Å². The Morgan fingerprint density at radius 3 is 3.00 bits per heavy atom. The van der Waals surface area contributed by atoms with Crippen molar-refractivity contribution in [3.8, 4) is 5.75 Å². The smallest absolute Gasteiger partial charge is 0.387 e. The molecule has 2 unspecified atom stereocenters. The lowest BCUT2D eigenvalue weighted by molar-refractivity contribution is -0.0507. The van der Waals surface area contributed by atoms with E-state index in [0.717, 1.165) is 25.2 Å². The van der Waals surface area contributed by atoms with Gasteiger partial charge in [-0.15, -0.1) is 0 Å². The number of ether oxygens (including phenoxy) is 1. The first-order valence-electron chi connectivity index (χ1n) is 7.31. The standard InChI is InChI=1S/C15H19ClF2N2O/c16-12-3-4-14(21-15(17)18)11(6-12)8-20-7-10-2-1-5-19-13(10)9-20/h3-4,6,10,13,15,19H,1-2,5,7-9H2. The summed E-state index contributed by atoms with van der Waals surface area (Å²) in [6.07, 6.45) is 2.45. The summed E-state index contributed by atoms with van der Waals surface area (Å²) in [4.78, 5) is 2.29. The van der Waals surface area contributed by atoms with Gasteiger partial charge in [0.2, 0.25) is 0 Å². The maximum atomic E-state index is 12.5. The van der Waals surface area contributed by atoms with Crippen LogP contribution >= 0.6 is 11.6 Å². The third-order valence-corrected chi connectivity index (χ3v) is 4.54. The van der Waals surface area contributed by atoms with Gasteiger partial charge in [-0.3, -0.25) is 4.90 Å². The summed E-state index contributed by atoms with van der Waals surface area (Å²) < 4.78 is 29.5. The van der Waals surface area contributed by atoms with E-state index in [1.54, 1.807) is 12.1 Å². The third kappa shape index (κ3) is 3.65. The number of hydrogen-bond acceptors (Lipinski definition) is 3. The van der Waals surface area contributed by atoms with E-state index < -0.39 is 6.61 Å². The Balaban J connectivity index is 1.70. The van der Waals surface area contributed by atoms with Crippen LogP contribution in [-0.2, 0) is 6.54 Å². The number of alkyl halides is 2. The van der Waals surface area contributed by atoms with E-state index in [-0.39, 0.29) is 5.75 Å². The van der Waals surface area contributed by atoms with Gasteiger partial charge in [-0.1, -0.05) is 11.6 Å². The molecule has 2 aliphatic rings. The van der Waals surface area contributed by atoms with Gasteiger partial charge in [-0.05, 0) is 43.5 Å². The highest BCUT2D eigenvalue weighted by molar-refractivity contribution is 6.30. The SMILES string of the molecule is FC(F)Oc1ccc(Cl)cc1CN1CC2CCCNC2C1. The van der Waals surface area contributed by atoms with Crippen LogP contribution in [0.5, 0.6) is 5.75 Å². The normalized spacial score (nSPS) is 26.1. The number of hydrogen-bond donors (Lipinski definition) is 1. The number of likely N-dealkylation sites (tertiary alicyclic amines) is 1. The molecule has 6 heteroatoms. The number of nitrogens with zero attached hydrogens (tertiary/aromatic N) is 1. The summed E-state index contributed by atoms with van der Waals surface area (Å²) in [7, 11) is 0. The second-order valence-corrected chi connectivity index (χ2v) is 6.22. The number of halogens is 3. The molecule has 116 valence electrons. The van der Waals surface area contributed by atoms with Gasteiger partial charge in [0.1, 0.15) is 5.75 Å². The summed E-state index contributed by atoms with van der Waals surface area (Å²) in [5.41, 5.74) is 0.724. The summed E-state index contributed by atoms with van der Waals surface area (Å²) in [6, 6.07) is 5.34. The van der Waals surface area contributed by atoms with Crippen LogP contribution in [0.4, 0.5) is 8.78 Å². The fourth-order valence-electron chi connectivity index (χ4n) is 3.39. The Bertz CT molecular complexity index is 487. The lowest BCUT2D eigenvalue weighted by Crippen LogP contribution is -2.40. The molecule has 0 saturated carbocycles. The number of fused-ring (bicyclic) bond motifs is 1. The van der Waals surface area contributed by atoms with E-state index in [1.807, 2.05) is 0 Å². The highest BCUT2D eigenvalue weighted by atomic mass is 35.5. The summed E-state index contributed by atoms with van der Waals surface area (Å²) in [6.45, 7) is 0.806. The molecular formula is C15H19ClF2N2O. The average Bonchev–Trinajstić information content (AvgIpc) is 2.83. The van der Waals surface area contributed by atoms with Gasteiger partial charge in [-0.25, -0.2) is 0 Å². The summed E-state index contributed by atoms with van der Waals surface area (Å²) in [5, 5.41) is 4.08. The van der Waals surface area contributed by atoms with E-state index in [2.05, 4.69) is 15.0 Å². The van der Waals surface area contributed by atoms with Crippen LogP contribution in [0, 0.1) is 5.92 Å². The molecule has 2 fully saturated rings. The van der Waals surface area contributed by atoms with Crippen molar-refractivity contribution >= 4 is 11.6 Å². The van der Waals surface area contributed by atoms with Crippen LogP contribution in [0.15, 0.2) is 18.2 Å². The fraction of sp³-hybridized carbons (Fsp3) is 0.600. The van der Waals surface area contributed by atoms with E-state index in [4.69, 9.17) is 11.6 Å². The molecule has 2 saturated heterocycles. The van der Waals surface area contributed by atoms with Crippen molar-refractivity contribution in [3.05, 3.63) is 28.8 Å². The zero-order chi connectivity index (χ0) is 14.8. The first-order valence-corrected chi connectivity index (χ1v) is 7.68. The van der Waals surface area contributed by atoms with Crippen LogP contribution in [0.3, 0.4) is 0 Å². The van der Waals surface area contributed by atoms with E-state index in [1.165, 1.54) is 18.9 Å². The van der Waals surface area contributed by atoms with Crippen LogP contribution in [-0.4, -0.2) is 37.2 Å². The summed E-state index contributed by atoms with van der Waals surface area (Å²) >= 11 is 5.99. The van der Waals surface area contributed by atoms with Crippen LogP contribution in [0.2, 0.25) is 5.02 Å². The van der Waals surface area contributed by atoms with Gasteiger partial charge in [0.05, 0.1) is 0 Å². The first-order chi connectivity index (χ1) is 10.1. The Hall–Kier alpha value is -0.910. The quantitative estimate of drug-likeness (QED) is 0.923. The predicted molar refractivity (Wildman–Crippen MR) is 77.9 cm³/mol. The van der Waals surface area contributed by atoms with Gasteiger partial charge in [-0.2, -0.15) is 8.78 Å². The lowest BCUT2D eigenvalue weighted by atomic mass is 9.94. The second kappa shape index (κ2) is 6.46. The molecule has 3 nitrogen and oxygen atoms in total. The Kier molecular flexibility index (Phi) is 4.62. The number of piperidine rings is 1. The topological polar surface area (TPSA) is 24.5 Å². The molecule has 2 atom stereocenters. The highest BCUT2D eigenvalue weighted by Gasteiger charge is 2.34. The van der Waals surface area contributed by atoms with Crippen molar-refractivity contribution in [2.24, 2.45) is 5.92 Å². The third-order valence-electron chi connectivity index (χ3n) is 4.31. The molecule has 0 bridgehead atoms. The van der Waals surface area contributed by atoms with Crippen LogP contribution in [0.1, 0.15) is 18.4 Å². The highest BCUT2D eigenvalue weighted by Crippen LogP contribution is 2.30. The minimum Gasteiger partial charge on any atom is -0.434 e. The number of nitrogens with one attached hydrogen (secondary N) is 1. The largest absolute Gasteiger partial charge is 0.434 e. The molecule has 0 amide bonds. The molecular weight excluding hydrogens is 298 g/mol. The van der Waals surface area contributed by atoms with E-state index in [9.17, 15) is 8.78 Å². The Labute approximate surface area is 128 Å². The van der Waals surface area contributed by atoms with Crippen molar-refractivity contribution < 1.29 is 13.5 Å². The molecule has 1 N–H and O–H groups in total. The number of rotatable bonds is 4. The molecule has 0 aromatic heterocycles. The minimum absolute atomic E-state index is 0.220. The molecule has 2 aliphatic heterocycles. The maximum absolute atomic E-state index is 12.5. The van der Waals surface area contributed by atoms with Crippen molar-refractivity contribution in [3.63, 3.8) is 0 Å². The molecule has 1 aromatic carbocycles. The maximum Gasteiger partial charge on any atom is 0.387 e. The van der Waals surface area contributed by atoms with Crippen molar-refractivity contribution in [1.82, 2.24) is 10.2 Å². The first kappa shape index (κ1) is 15.0. The zero-order valence-corrected chi connectivity index (χ0v) is 12.5. The predicted octanol–water partition coefficient (Wildman–Crippen LogP) is 3.13. The molecule has 0 spiro atoms. The molecule has 1 aromatic rings. The fourth-order valence-corrected chi connectivity index (χ4v) is 3.58. The zero-order valence-electron chi connectivity index (χ0n) is 11.7. The van der Waals surface area contributed by atoms with Gasteiger partial charge in [0.25, 0.3) is 0 Å². The van der Waals surface area contributed by atoms with Crippen LogP contribution in [0.25, 0.3) is 0 Å². The summed E-state index contributed by atoms with van der Waals surface area (Å²) in [5.74, 6) is 0.884. The van der Waals surface area contributed by atoms with Crippen molar-refractivity contribution in [2.45, 2.75) is 32.0 Å². The van der Waals surface area contributed by atoms with Crippen molar-refractivity contribution in [2.75, 3.05) is 19.6 Å². The monoisotopic (exact) mass is 316 g/mol. The molecule has 0 radical (unpaired) electrons. The lowest BCUT2D eigenvalue weighted by Gasteiger charge is -2.24. The Morgan fingerprint density at radius 2 is 2.24 bits per heavy atom. The second-order valence-electron chi connectivity index (χ2n) is 5.79. The van der Waals surface area contributed by atoms with Gasteiger partial charge in [0.15, 0.2) is 0 Å². The van der Waals surface area contributed by atoms with Gasteiger partial charge in [0, 0.05) is 36.3 Å². The number of benzene rings is 1. The van der Waals surface area contributed by atoms with Crippen molar-refractivity contribution in [1.29, 1.82) is 0 Å². The molecule has 21 heavy (non-hydrogen) atoms. The van der Waals surface area contributed by atoms with Crippen LogP contribution < -0.4 is 10.1 Å². The van der Waals surface area contributed by atoms with Gasteiger partial charge >= 0.3 is 6.61 Å².